The van der Waals surface area contributed by atoms with Gasteiger partial charge in [0.1, 0.15) is 11.3 Å². The monoisotopic (exact) mass is 338 g/mol. The predicted molar refractivity (Wildman–Crippen MR) is 94.7 cm³/mol. The zero-order chi connectivity index (χ0) is 17.9. The van der Waals surface area contributed by atoms with Gasteiger partial charge in [0.2, 0.25) is 5.75 Å². The molecular weight excluding hydrogens is 308 g/mol. The Morgan fingerprint density at radius 3 is 2.04 bits per heavy atom. The van der Waals surface area contributed by atoms with Gasteiger partial charge in [-0.3, -0.25) is 4.79 Å². The maximum Gasteiger partial charge on any atom is 0.204 e. The minimum atomic E-state index is -0.221. The van der Waals surface area contributed by atoms with Gasteiger partial charge in [-0.05, 0) is 6.42 Å². The van der Waals surface area contributed by atoms with E-state index in [1.807, 2.05) is 0 Å². The van der Waals surface area contributed by atoms with Crippen LogP contribution in [0.1, 0.15) is 68.6 Å². The van der Waals surface area contributed by atoms with E-state index < -0.39 is 0 Å². The van der Waals surface area contributed by atoms with E-state index >= 15 is 0 Å². The highest BCUT2D eigenvalue weighted by molar-refractivity contribution is 6.02. The summed E-state index contributed by atoms with van der Waals surface area (Å²) in [5.74, 6) is 0.430. The zero-order valence-electron chi connectivity index (χ0n) is 15.3. The lowest BCUT2D eigenvalue weighted by atomic mass is 10.0. The van der Waals surface area contributed by atoms with Crippen molar-refractivity contribution in [3.05, 3.63) is 11.6 Å². The second kappa shape index (κ2) is 10.8. The standard InChI is InChI=1S/C19H30O5/c1-5-6-7-8-9-10-11-12-14(20)17-15(22-2)13-16(23-3)19(24-4)18(17)21/h13,21H,5-12H2,1-4H3. The summed E-state index contributed by atoms with van der Waals surface area (Å²) in [6.07, 6.45) is 8.33. The topological polar surface area (TPSA) is 65.0 Å². The Balaban J connectivity index is 2.72. The van der Waals surface area contributed by atoms with E-state index in [1.165, 1.54) is 47.0 Å². The van der Waals surface area contributed by atoms with Gasteiger partial charge in [0.15, 0.2) is 17.3 Å². The maximum absolute atomic E-state index is 12.5. The number of rotatable bonds is 12. The predicted octanol–water partition coefficient (Wildman–Crippen LogP) is 4.74. The number of carbonyl (C=O) groups excluding carboxylic acids is 1. The number of methoxy groups -OCH3 is 3. The average Bonchev–Trinajstić information content (AvgIpc) is 2.59. The number of unbranched alkanes of at least 4 members (excludes halogenated alkanes) is 6. The number of benzene rings is 1. The molecule has 0 spiro atoms. The fraction of sp³-hybridized carbons (Fsp3) is 0.632. The van der Waals surface area contributed by atoms with E-state index in [4.69, 9.17) is 14.2 Å². The van der Waals surface area contributed by atoms with Gasteiger partial charge in [0, 0.05) is 12.5 Å². The third-order valence-electron chi connectivity index (χ3n) is 4.11. The van der Waals surface area contributed by atoms with Crippen LogP contribution in [-0.2, 0) is 0 Å². The molecule has 0 fully saturated rings. The van der Waals surface area contributed by atoms with Gasteiger partial charge in [-0.15, -0.1) is 0 Å². The van der Waals surface area contributed by atoms with Crippen LogP contribution in [0.5, 0.6) is 23.0 Å². The molecule has 0 radical (unpaired) electrons. The first-order valence-corrected chi connectivity index (χ1v) is 8.65. The molecule has 0 unspecified atom stereocenters. The van der Waals surface area contributed by atoms with Gasteiger partial charge in [0.05, 0.1) is 21.3 Å². The number of hydrogen-bond acceptors (Lipinski definition) is 5. The highest BCUT2D eigenvalue weighted by atomic mass is 16.5. The van der Waals surface area contributed by atoms with E-state index in [0.29, 0.717) is 17.9 Å². The van der Waals surface area contributed by atoms with Crippen molar-refractivity contribution in [1.82, 2.24) is 0 Å². The molecule has 0 aliphatic carbocycles. The normalized spacial score (nSPS) is 10.5. The second-order valence-electron chi connectivity index (χ2n) is 5.83. The van der Waals surface area contributed by atoms with Crippen LogP contribution in [0.2, 0.25) is 0 Å². The van der Waals surface area contributed by atoms with Crippen LogP contribution in [0.15, 0.2) is 6.07 Å². The van der Waals surface area contributed by atoms with Gasteiger partial charge in [-0.1, -0.05) is 45.4 Å². The minimum absolute atomic E-state index is 0.140. The molecule has 136 valence electrons. The molecule has 0 saturated heterocycles. The average molecular weight is 338 g/mol. The fourth-order valence-corrected chi connectivity index (χ4v) is 2.75. The third kappa shape index (κ3) is 5.32. The molecule has 0 aliphatic rings. The number of ether oxygens (including phenoxy) is 3. The quantitative estimate of drug-likeness (QED) is 0.440. The molecule has 0 aromatic heterocycles. The van der Waals surface area contributed by atoms with E-state index in [9.17, 15) is 9.90 Å². The van der Waals surface area contributed by atoms with Crippen LogP contribution >= 0.6 is 0 Å². The number of hydrogen-bond donors (Lipinski definition) is 1. The van der Waals surface area contributed by atoms with E-state index in [2.05, 4.69) is 6.92 Å². The Morgan fingerprint density at radius 2 is 1.50 bits per heavy atom. The number of carbonyl (C=O) groups is 1. The lowest BCUT2D eigenvalue weighted by Crippen LogP contribution is -2.05. The number of phenolic OH excluding ortho intramolecular Hbond substituents is 1. The molecule has 0 amide bonds. The number of Topliss-reactive ketones (excluding diaryl/α,β-unsaturated/α-hetero) is 1. The Kier molecular flexibility index (Phi) is 9.05. The molecule has 1 aromatic rings. The largest absolute Gasteiger partial charge is 0.504 e. The summed E-state index contributed by atoms with van der Waals surface area (Å²) >= 11 is 0. The van der Waals surface area contributed by atoms with Crippen LogP contribution in [0.4, 0.5) is 0 Å². The van der Waals surface area contributed by atoms with E-state index in [-0.39, 0.29) is 22.8 Å². The van der Waals surface area contributed by atoms with Gasteiger partial charge >= 0.3 is 0 Å². The van der Waals surface area contributed by atoms with Crippen molar-refractivity contribution in [1.29, 1.82) is 0 Å². The summed E-state index contributed by atoms with van der Waals surface area (Å²) in [5, 5.41) is 10.4. The molecule has 0 saturated carbocycles. The van der Waals surface area contributed by atoms with Crippen LogP contribution < -0.4 is 14.2 Å². The molecule has 1 N–H and O–H groups in total. The summed E-state index contributed by atoms with van der Waals surface area (Å²) in [7, 11) is 4.36. The summed E-state index contributed by atoms with van der Waals surface area (Å²) in [6, 6.07) is 1.57. The Hall–Kier alpha value is -1.91. The second-order valence-corrected chi connectivity index (χ2v) is 5.83. The number of phenols is 1. The van der Waals surface area contributed by atoms with Crippen molar-refractivity contribution in [2.24, 2.45) is 0 Å². The van der Waals surface area contributed by atoms with Crippen molar-refractivity contribution in [2.75, 3.05) is 21.3 Å². The van der Waals surface area contributed by atoms with Crippen molar-refractivity contribution in [3.8, 4) is 23.0 Å². The van der Waals surface area contributed by atoms with Crippen molar-refractivity contribution >= 4 is 5.78 Å². The molecule has 5 nitrogen and oxygen atoms in total. The highest BCUT2D eigenvalue weighted by Gasteiger charge is 2.24. The van der Waals surface area contributed by atoms with E-state index in [1.54, 1.807) is 6.07 Å². The van der Waals surface area contributed by atoms with Gasteiger partial charge in [-0.25, -0.2) is 0 Å². The van der Waals surface area contributed by atoms with Gasteiger partial charge in [0.25, 0.3) is 0 Å². The SMILES string of the molecule is CCCCCCCCCC(=O)c1c(OC)cc(OC)c(OC)c1O. The first-order valence-electron chi connectivity index (χ1n) is 8.65. The summed E-state index contributed by atoms with van der Waals surface area (Å²) < 4.78 is 15.6. The molecule has 24 heavy (non-hydrogen) atoms. The summed E-state index contributed by atoms with van der Waals surface area (Å²) in [6.45, 7) is 2.20. The third-order valence-corrected chi connectivity index (χ3v) is 4.11. The van der Waals surface area contributed by atoms with E-state index in [0.717, 1.165) is 19.3 Å². The molecular formula is C19H30O5. The van der Waals surface area contributed by atoms with Crippen LogP contribution in [0, 0.1) is 0 Å². The van der Waals surface area contributed by atoms with Crippen molar-refractivity contribution in [3.63, 3.8) is 0 Å². The first-order chi connectivity index (χ1) is 11.6. The summed E-state index contributed by atoms with van der Waals surface area (Å²) in [5.41, 5.74) is 0.168. The smallest absolute Gasteiger partial charge is 0.204 e. The van der Waals surface area contributed by atoms with Crippen LogP contribution in [0.25, 0.3) is 0 Å². The van der Waals surface area contributed by atoms with Gasteiger partial charge in [-0.2, -0.15) is 0 Å². The lowest BCUT2D eigenvalue weighted by Gasteiger charge is -2.15. The number of ketones is 1. The minimum Gasteiger partial charge on any atom is -0.504 e. The van der Waals surface area contributed by atoms with Crippen molar-refractivity contribution < 1.29 is 24.1 Å². The van der Waals surface area contributed by atoms with Gasteiger partial charge < -0.3 is 19.3 Å². The lowest BCUT2D eigenvalue weighted by molar-refractivity contribution is 0.0972. The summed E-state index contributed by atoms with van der Waals surface area (Å²) in [4.78, 5) is 12.5. The Bertz CT molecular complexity index is 525. The number of aromatic hydroxyl groups is 1. The molecule has 0 heterocycles. The first kappa shape index (κ1) is 20.1. The molecule has 5 heteroatoms. The Labute approximate surface area is 144 Å². The molecule has 1 aromatic carbocycles. The zero-order valence-corrected chi connectivity index (χ0v) is 15.3. The van der Waals surface area contributed by atoms with Crippen molar-refractivity contribution in [2.45, 2.75) is 58.3 Å². The Morgan fingerprint density at radius 1 is 0.917 bits per heavy atom. The molecule has 0 bridgehead atoms. The molecule has 0 aliphatic heterocycles. The van der Waals surface area contributed by atoms with Crippen LogP contribution in [0.3, 0.4) is 0 Å². The maximum atomic E-state index is 12.5. The molecule has 0 atom stereocenters. The van der Waals surface area contributed by atoms with Crippen LogP contribution in [-0.4, -0.2) is 32.2 Å². The molecule has 1 rings (SSSR count). The fourth-order valence-electron chi connectivity index (χ4n) is 2.75. The highest BCUT2D eigenvalue weighted by Crippen LogP contribution is 2.44.